The molecule has 4 rings (SSSR count). The fourth-order valence-electron chi connectivity index (χ4n) is 6.39. The molecule has 0 radical (unpaired) electrons. The monoisotopic (exact) mass is 640 g/mol. The van der Waals surface area contributed by atoms with Gasteiger partial charge in [-0.1, -0.05) is 181 Å². The zero-order valence-electron chi connectivity index (χ0n) is 28.4. The first-order valence-electron chi connectivity index (χ1n) is 17.9. The molecule has 0 amide bonds. The molecule has 1 atom stereocenters. The van der Waals surface area contributed by atoms with Crippen LogP contribution in [0.5, 0.6) is 0 Å². The van der Waals surface area contributed by atoms with Gasteiger partial charge in [-0.2, -0.15) is 11.8 Å². The summed E-state index contributed by atoms with van der Waals surface area (Å²) in [5.41, 5.74) is 1.80. The fraction of sp³-hybridized carbons (Fsp3) is 0.550. The van der Waals surface area contributed by atoms with Gasteiger partial charge >= 0.3 is 0 Å². The van der Waals surface area contributed by atoms with Crippen molar-refractivity contribution in [3.05, 3.63) is 108 Å². The molecule has 248 valence electrons. The van der Waals surface area contributed by atoms with Gasteiger partial charge in [0.25, 0.3) is 0 Å². The highest BCUT2D eigenvalue weighted by Gasteiger charge is 2.42. The first kappa shape index (κ1) is 36.0. The van der Waals surface area contributed by atoms with Crippen LogP contribution in [0.3, 0.4) is 0 Å². The quantitative estimate of drug-likeness (QED) is 0.0722. The molecule has 0 N–H and O–H groups in total. The summed E-state index contributed by atoms with van der Waals surface area (Å²) in [5.74, 6) is 2.05. The molecule has 0 bridgehead atoms. The van der Waals surface area contributed by atoms with Gasteiger partial charge in [0.15, 0.2) is 5.66 Å². The Kier molecular flexibility index (Phi) is 16.0. The maximum atomic E-state index is 7.19. The van der Waals surface area contributed by atoms with Crippen molar-refractivity contribution in [1.82, 2.24) is 0 Å². The summed E-state index contributed by atoms with van der Waals surface area (Å²) in [6, 6.07) is 31.7. The van der Waals surface area contributed by atoms with Crippen LogP contribution < -0.4 is 0 Å². The van der Waals surface area contributed by atoms with Crippen LogP contribution in [0.2, 0.25) is 0 Å². The normalized spacial score (nSPS) is 14.6. The second-order valence-electron chi connectivity index (χ2n) is 12.9. The summed E-state index contributed by atoms with van der Waals surface area (Å²) >= 11 is 1.99. The predicted molar refractivity (Wildman–Crippen MR) is 194 cm³/mol. The van der Waals surface area contributed by atoms with E-state index in [4.69, 9.17) is 4.74 Å². The molecule has 1 heterocycles. The van der Waals surface area contributed by atoms with Crippen LogP contribution in [0, 0.1) is 5.92 Å². The number of hydrogen-bond acceptors (Lipinski definition) is 6. The molecule has 46 heavy (non-hydrogen) atoms. The number of hydrogen-bond donors (Lipinski definition) is 0. The maximum absolute atomic E-state index is 7.19. The van der Waals surface area contributed by atoms with Gasteiger partial charge < -0.3 is 4.74 Å². The lowest BCUT2D eigenvalue weighted by atomic mass is 9.80. The molecule has 0 aromatic heterocycles. The minimum atomic E-state index is -0.773. The van der Waals surface area contributed by atoms with Crippen LogP contribution in [-0.4, -0.2) is 23.8 Å². The molecule has 3 aromatic rings. The largest absolute Gasteiger partial charge is 0.360 e. The number of ether oxygens (including phenoxy) is 1. The van der Waals surface area contributed by atoms with E-state index in [0.29, 0.717) is 6.61 Å². The standard InChI is InChI=1S/C40H56N4OS/c1-3-4-5-6-7-8-9-10-11-12-13-14-15-25-32-46-34-38(39(2)41-43-44-42-39)33-45-40(35-26-19-16-20-27-35,36-28-21-17-22-29-36)37-30-23-18-24-31-37/h16-24,26-31,38H,3-15,25,32-34H2,1-2H3. The molecule has 5 nitrogen and oxygen atoms in total. The number of rotatable bonds is 24. The van der Waals surface area contributed by atoms with E-state index >= 15 is 0 Å². The Morgan fingerprint density at radius 1 is 0.587 bits per heavy atom. The lowest BCUT2D eigenvalue weighted by Crippen LogP contribution is -2.40. The smallest absolute Gasteiger partial charge is 0.198 e. The number of thioether (sulfide) groups is 1. The Balaban J connectivity index is 1.29. The predicted octanol–water partition coefficient (Wildman–Crippen LogP) is 12.4. The van der Waals surface area contributed by atoms with Crippen molar-refractivity contribution in [2.45, 2.75) is 115 Å². The van der Waals surface area contributed by atoms with Crippen LogP contribution >= 0.6 is 11.8 Å². The fourth-order valence-corrected chi connectivity index (χ4v) is 7.66. The third-order valence-corrected chi connectivity index (χ3v) is 10.5. The van der Waals surface area contributed by atoms with Crippen molar-refractivity contribution in [3.8, 4) is 0 Å². The van der Waals surface area contributed by atoms with Crippen molar-refractivity contribution in [2.75, 3.05) is 18.1 Å². The summed E-state index contributed by atoms with van der Waals surface area (Å²) in [7, 11) is 0. The van der Waals surface area contributed by atoms with Crippen LogP contribution in [0.15, 0.2) is 112 Å². The molecule has 0 aliphatic carbocycles. The van der Waals surface area contributed by atoms with E-state index in [-0.39, 0.29) is 5.92 Å². The van der Waals surface area contributed by atoms with E-state index in [2.05, 4.69) is 119 Å². The Bertz CT molecular complexity index is 1160. The third kappa shape index (κ3) is 10.9. The van der Waals surface area contributed by atoms with E-state index in [1.807, 2.05) is 18.7 Å². The first-order valence-corrected chi connectivity index (χ1v) is 19.1. The SMILES string of the molecule is CCCCCCCCCCCCCCCCSCC(COC(c1ccccc1)(c1ccccc1)c1ccccc1)C1(C)N=NN=N1. The average Bonchev–Trinajstić information content (AvgIpc) is 3.56. The summed E-state index contributed by atoms with van der Waals surface area (Å²) in [4.78, 5) is 0. The van der Waals surface area contributed by atoms with Gasteiger partial charge in [0.05, 0.1) is 6.61 Å². The van der Waals surface area contributed by atoms with E-state index < -0.39 is 11.3 Å². The van der Waals surface area contributed by atoms with Gasteiger partial charge in [-0.05, 0) is 46.2 Å². The highest BCUT2D eigenvalue weighted by Crippen LogP contribution is 2.42. The van der Waals surface area contributed by atoms with E-state index in [0.717, 1.165) is 28.2 Å². The molecule has 1 aliphatic rings. The zero-order valence-corrected chi connectivity index (χ0v) is 29.2. The highest BCUT2D eigenvalue weighted by atomic mass is 32.2. The third-order valence-electron chi connectivity index (χ3n) is 9.31. The van der Waals surface area contributed by atoms with Crippen molar-refractivity contribution < 1.29 is 4.74 Å². The van der Waals surface area contributed by atoms with Gasteiger partial charge in [0.2, 0.25) is 0 Å². The summed E-state index contributed by atoms with van der Waals surface area (Å²) in [6.45, 7) is 4.79. The molecule has 0 spiro atoms. The number of nitrogens with zero attached hydrogens (tertiary/aromatic N) is 4. The Morgan fingerprint density at radius 2 is 0.978 bits per heavy atom. The Hall–Kier alpha value is -2.83. The van der Waals surface area contributed by atoms with Crippen molar-refractivity contribution in [3.63, 3.8) is 0 Å². The summed E-state index contributed by atoms with van der Waals surface area (Å²) < 4.78 is 7.19. The maximum Gasteiger partial charge on any atom is 0.198 e. The van der Waals surface area contributed by atoms with Crippen LogP contribution in [0.1, 0.15) is 120 Å². The number of benzene rings is 3. The van der Waals surface area contributed by atoms with E-state index in [1.165, 1.54) is 89.9 Å². The van der Waals surface area contributed by atoms with Crippen molar-refractivity contribution in [1.29, 1.82) is 0 Å². The lowest BCUT2D eigenvalue weighted by Gasteiger charge is -2.38. The van der Waals surface area contributed by atoms with Crippen LogP contribution in [-0.2, 0) is 10.3 Å². The van der Waals surface area contributed by atoms with Crippen LogP contribution in [0.4, 0.5) is 0 Å². The molecule has 3 aromatic carbocycles. The second-order valence-corrected chi connectivity index (χ2v) is 14.1. The van der Waals surface area contributed by atoms with Gasteiger partial charge in [0.1, 0.15) is 5.60 Å². The molecule has 1 aliphatic heterocycles. The molecular formula is C40H56N4OS. The Labute approximate surface area is 283 Å². The molecular weight excluding hydrogens is 585 g/mol. The van der Waals surface area contributed by atoms with Gasteiger partial charge in [-0.15, -0.1) is 10.2 Å². The molecule has 0 fully saturated rings. The van der Waals surface area contributed by atoms with Crippen molar-refractivity contribution >= 4 is 11.8 Å². The van der Waals surface area contributed by atoms with E-state index in [1.54, 1.807) is 0 Å². The average molecular weight is 641 g/mol. The minimum Gasteiger partial charge on any atom is -0.360 e. The topological polar surface area (TPSA) is 58.7 Å². The molecule has 6 heteroatoms. The lowest BCUT2D eigenvalue weighted by molar-refractivity contribution is -0.0160. The summed E-state index contributed by atoms with van der Waals surface area (Å²) in [6.07, 6.45) is 19.4. The second kappa shape index (κ2) is 20.4. The van der Waals surface area contributed by atoms with Gasteiger partial charge in [-0.3, -0.25) is 0 Å². The zero-order chi connectivity index (χ0) is 32.2. The van der Waals surface area contributed by atoms with Gasteiger partial charge in [-0.25, -0.2) is 0 Å². The minimum absolute atomic E-state index is 0.0228. The molecule has 0 saturated heterocycles. The van der Waals surface area contributed by atoms with Crippen molar-refractivity contribution in [2.24, 2.45) is 26.6 Å². The summed E-state index contributed by atoms with van der Waals surface area (Å²) in [5, 5.41) is 16.8. The van der Waals surface area contributed by atoms with E-state index in [9.17, 15) is 0 Å². The molecule has 0 saturated carbocycles. The first-order chi connectivity index (χ1) is 22.7. The molecule has 1 unspecified atom stereocenters. The number of unbranched alkanes of at least 4 members (excludes halogenated alkanes) is 13. The highest BCUT2D eigenvalue weighted by molar-refractivity contribution is 7.99. The Morgan fingerprint density at radius 3 is 1.39 bits per heavy atom. The van der Waals surface area contributed by atoms with Crippen LogP contribution in [0.25, 0.3) is 0 Å². The van der Waals surface area contributed by atoms with Gasteiger partial charge in [0, 0.05) is 11.7 Å².